The molecule has 0 aliphatic rings. The molecule has 0 bridgehead atoms. The first kappa shape index (κ1) is 17.2. The Kier molecular flexibility index (Phi) is 7.20. The van der Waals surface area contributed by atoms with Crippen molar-refractivity contribution in [3.63, 3.8) is 0 Å². The van der Waals surface area contributed by atoms with Crippen LogP contribution in [0.25, 0.3) is 0 Å². The van der Waals surface area contributed by atoms with Gasteiger partial charge >= 0.3 is 7.83 Å². The normalized spacial score (nSPS) is 8.95. The number of rotatable bonds is 4. The SMILES string of the molecule is F[B]F.N#Cc1ccc(C(=O)CC(=O)c2ccccc2)cc1. The minimum absolute atomic E-state index is 0.157. The van der Waals surface area contributed by atoms with Crippen LogP contribution in [0.3, 0.4) is 0 Å². The Morgan fingerprint density at radius 3 is 1.82 bits per heavy atom. The number of ketones is 2. The summed E-state index contributed by atoms with van der Waals surface area (Å²) in [5.41, 5.74) is 1.47. The van der Waals surface area contributed by atoms with Crippen LogP contribution in [0.15, 0.2) is 54.6 Å². The van der Waals surface area contributed by atoms with Crippen LogP contribution >= 0.6 is 0 Å². The second-order valence-electron chi connectivity index (χ2n) is 4.16. The second-order valence-corrected chi connectivity index (χ2v) is 4.16. The van der Waals surface area contributed by atoms with Crippen molar-refractivity contribution < 1.29 is 18.2 Å². The lowest BCUT2D eigenvalue weighted by atomic mass is 10.0. The molecule has 0 saturated heterocycles. The number of carbonyl (C=O) groups is 2. The Balaban J connectivity index is 0.000000745. The van der Waals surface area contributed by atoms with E-state index >= 15 is 0 Å². The summed E-state index contributed by atoms with van der Waals surface area (Å²) in [7, 11) is -1.00. The molecule has 109 valence electrons. The van der Waals surface area contributed by atoms with E-state index < -0.39 is 7.83 Å². The number of hydrogen-bond acceptors (Lipinski definition) is 3. The van der Waals surface area contributed by atoms with Gasteiger partial charge in [0.15, 0.2) is 11.6 Å². The van der Waals surface area contributed by atoms with Crippen molar-refractivity contribution in [2.24, 2.45) is 0 Å². The fourth-order valence-electron chi connectivity index (χ4n) is 1.70. The first-order valence-corrected chi connectivity index (χ1v) is 6.26. The summed E-state index contributed by atoms with van der Waals surface area (Å²) in [6.07, 6.45) is -0.157. The molecule has 2 aromatic rings. The van der Waals surface area contributed by atoms with E-state index in [0.717, 1.165) is 0 Å². The molecule has 2 aromatic carbocycles. The van der Waals surface area contributed by atoms with Crippen LogP contribution in [0.2, 0.25) is 0 Å². The zero-order valence-electron chi connectivity index (χ0n) is 11.5. The van der Waals surface area contributed by atoms with Gasteiger partial charge in [-0.3, -0.25) is 18.2 Å². The summed E-state index contributed by atoms with van der Waals surface area (Å²) in [5.74, 6) is -0.437. The Hall–Kier alpha value is -2.81. The molecule has 0 saturated carbocycles. The van der Waals surface area contributed by atoms with Crippen LogP contribution < -0.4 is 0 Å². The van der Waals surface area contributed by atoms with Gasteiger partial charge in [-0.1, -0.05) is 42.5 Å². The Morgan fingerprint density at radius 1 is 0.909 bits per heavy atom. The van der Waals surface area contributed by atoms with Gasteiger partial charge in [0.25, 0.3) is 0 Å². The van der Waals surface area contributed by atoms with E-state index in [0.29, 0.717) is 16.7 Å². The van der Waals surface area contributed by atoms with Gasteiger partial charge in [-0.05, 0) is 12.1 Å². The number of benzene rings is 2. The van der Waals surface area contributed by atoms with Crippen LogP contribution in [0.5, 0.6) is 0 Å². The fourth-order valence-corrected chi connectivity index (χ4v) is 1.70. The molecule has 0 aliphatic carbocycles. The third-order valence-electron chi connectivity index (χ3n) is 2.75. The molecule has 0 N–H and O–H groups in total. The van der Waals surface area contributed by atoms with Gasteiger partial charge in [-0.2, -0.15) is 5.26 Å². The largest absolute Gasteiger partial charge is 0.577 e. The van der Waals surface area contributed by atoms with Gasteiger partial charge in [-0.15, -0.1) is 0 Å². The number of carbonyl (C=O) groups excluding carboxylic acids is 2. The van der Waals surface area contributed by atoms with Crippen molar-refractivity contribution in [2.75, 3.05) is 0 Å². The predicted molar refractivity (Wildman–Crippen MR) is 78.8 cm³/mol. The number of Topliss-reactive ketones (excluding diaryl/α,β-unsaturated/α-hetero) is 2. The highest BCUT2D eigenvalue weighted by Crippen LogP contribution is 2.10. The summed E-state index contributed by atoms with van der Waals surface area (Å²) in [5, 5.41) is 8.67. The predicted octanol–water partition coefficient (Wildman–Crippen LogP) is 3.47. The van der Waals surface area contributed by atoms with Gasteiger partial charge < -0.3 is 0 Å². The maximum atomic E-state index is 11.9. The van der Waals surface area contributed by atoms with E-state index in [2.05, 4.69) is 0 Å². The van der Waals surface area contributed by atoms with Crippen molar-refractivity contribution in [3.8, 4) is 6.07 Å². The van der Waals surface area contributed by atoms with Crippen molar-refractivity contribution in [1.29, 1.82) is 5.26 Å². The fraction of sp³-hybridized carbons (Fsp3) is 0.0625. The number of nitrogens with zero attached hydrogens (tertiary/aromatic N) is 1. The molecule has 22 heavy (non-hydrogen) atoms. The van der Waals surface area contributed by atoms with E-state index in [1.807, 2.05) is 12.1 Å². The van der Waals surface area contributed by atoms with Crippen LogP contribution in [-0.4, -0.2) is 19.4 Å². The maximum Gasteiger partial charge on any atom is 0.577 e. The van der Waals surface area contributed by atoms with Gasteiger partial charge in [-0.25, -0.2) is 0 Å². The minimum atomic E-state index is -1.00. The molecule has 3 nitrogen and oxygen atoms in total. The minimum Gasteiger partial charge on any atom is -0.294 e. The van der Waals surface area contributed by atoms with Crippen molar-refractivity contribution in [2.45, 2.75) is 6.42 Å². The van der Waals surface area contributed by atoms with E-state index in [4.69, 9.17) is 5.26 Å². The molecular formula is C16H11BF2NO2. The second kappa shape index (κ2) is 9.19. The lowest BCUT2D eigenvalue weighted by Crippen LogP contribution is -2.08. The smallest absolute Gasteiger partial charge is 0.294 e. The third-order valence-corrected chi connectivity index (χ3v) is 2.75. The molecule has 1 radical (unpaired) electrons. The maximum absolute atomic E-state index is 11.9. The van der Waals surface area contributed by atoms with E-state index in [1.54, 1.807) is 48.5 Å². The van der Waals surface area contributed by atoms with Gasteiger partial charge in [0.2, 0.25) is 0 Å². The number of halogens is 2. The highest BCUT2D eigenvalue weighted by molar-refractivity contribution is 6.15. The topological polar surface area (TPSA) is 57.9 Å². The Morgan fingerprint density at radius 2 is 1.36 bits per heavy atom. The van der Waals surface area contributed by atoms with Crippen molar-refractivity contribution in [3.05, 3.63) is 71.3 Å². The quantitative estimate of drug-likeness (QED) is 0.493. The van der Waals surface area contributed by atoms with E-state index in [9.17, 15) is 18.2 Å². The van der Waals surface area contributed by atoms with Gasteiger partial charge in [0.1, 0.15) is 0 Å². The lowest BCUT2D eigenvalue weighted by Gasteiger charge is -2.01. The van der Waals surface area contributed by atoms with Gasteiger partial charge in [0.05, 0.1) is 18.1 Å². The summed E-state index contributed by atoms with van der Waals surface area (Å²) in [6, 6.07) is 17.0. The molecule has 0 fully saturated rings. The highest BCUT2D eigenvalue weighted by Gasteiger charge is 2.13. The average molecular weight is 298 g/mol. The number of hydrogen-bond donors (Lipinski definition) is 0. The monoisotopic (exact) mass is 298 g/mol. The van der Waals surface area contributed by atoms with Gasteiger partial charge in [0, 0.05) is 11.1 Å². The zero-order valence-corrected chi connectivity index (χ0v) is 11.5. The van der Waals surface area contributed by atoms with E-state index in [1.165, 1.54) is 0 Å². The van der Waals surface area contributed by atoms with Crippen molar-refractivity contribution >= 4 is 19.4 Å². The molecular weight excluding hydrogens is 287 g/mol. The van der Waals surface area contributed by atoms with Crippen LogP contribution in [0.1, 0.15) is 32.7 Å². The molecule has 0 atom stereocenters. The standard InChI is InChI=1S/C16H11NO2.BF2/c17-11-12-6-8-14(9-7-12)16(19)10-15(18)13-4-2-1-3-5-13;2-1-3/h1-9H,10H2;. The Labute approximate surface area is 127 Å². The van der Waals surface area contributed by atoms with Crippen LogP contribution in [-0.2, 0) is 0 Å². The highest BCUT2D eigenvalue weighted by atomic mass is 19.2. The molecule has 2 rings (SSSR count). The first-order chi connectivity index (χ1) is 10.6. The van der Waals surface area contributed by atoms with Crippen LogP contribution in [0.4, 0.5) is 8.63 Å². The Bertz CT molecular complexity index is 667. The van der Waals surface area contributed by atoms with E-state index in [-0.39, 0.29) is 18.0 Å². The van der Waals surface area contributed by atoms with Crippen LogP contribution in [0, 0.1) is 11.3 Å². The molecule has 0 amide bonds. The first-order valence-electron chi connectivity index (χ1n) is 6.26. The molecule has 0 unspecified atom stereocenters. The van der Waals surface area contributed by atoms with Crippen molar-refractivity contribution in [1.82, 2.24) is 0 Å². The molecule has 0 aromatic heterocycles. The summed E-state index contributed by atoms with van der Waals surface area (Å²) < 4.78 is 19.0. The summed E-state index contributed by atoms with van der Waals surface area (Å²) in [6.45, 7) is 0. The number of nitriles is 1. The lowest BCUT2D eigenvalue weighted by molar-refractivity contribution is 0.0894. The third kappa shape index (κ3) is 5.29. The summed E-state index contributed by atoms with van der Waals surface area (Å²) in [4.78, 5) is 23.8. The summed E-state index contributed by atoms with van der Waals surface area (Å²) >= 11 is 0. The molecule has 6 heteroatoms. The zero-order chi connectivity index (χ0) is 16.4. The molecule has 0 heterocycles. The molecule has 0 spiro atoms. The average Bonchev–Trinajstić information content (AvgIpc) is 2.56. The molecule has 0 aliphatic heterocycles.